The lowest BCUT2D eigenvalue weighted by Gasteiger charge is -2.10. The second kappa shape index (κ2) is 9.96. The Morgan fingerprint density at radius 2 is 1.89 bits per heavy atom. The zero-order valence-electron chi connectivity index (χ0n) is 18.5. The molecule has 0 aliphatic carbocycles. The molecule has 1 saturated heterocycles. The number of benzene rings is 2. The van der Waals surface area contributed by atoms with Crippen LogP contribution >= 0.6 is 0 Å². The first-order chi connectivity index (χ1) is 16.9. The van der Waals surface area contributed by atoms with Crippen LogP contribution in [0.3, 0.4) is 0 Å². The van der Waals surface area contributed by atoms with Crippen molar-refractivity contribution in [2.45, 2.75) is 13.2 Å². The zero-order chi connectivity index (χ0) is 24.9. The number of aromatic carboxylic acids is 1. The van der Waals surface area contributed by atoms with Gasteiger partial charge in [-0.1, -0.05) is 30.3 Å². The predicted octanol–water partition coefficient (Wildman–Crippen LogP) is 3.44. The predicted molar refractivity (Wildman–Crippen MR) is 121 cm³/mol. The Hall–Kier alpha value is -4.86. The molecule has 3 amide bonds. The molecule has 0 bridgehead atoms. The Bertz CT molecular complexity index is 1340. The first kappa shape index (κ1) is 23.3. The van der Waals surface area contributed by atoms with Gasteiger partial charge in [-0.25, -0.2) is 14.4 Å². The van der Waals surface area contributed by atoms with E-state index in [4.69, 9.17) is 14.3 Å². The number of ether oxygens (including phenoxy) is 2. The highest BCUT2D eigenvalue weighted by atomic mass is 16.5. The molecule has 2 heterocycles. The van der Waals surface area contributed by atoms with Crippen molar-refractivity contribution in [2.75, 3.05) is 7.11 Å². The maximum atomic E-state index is 12.9. The maximum Gasteiger partial charge on any atom is 0.373 e. The quantitative estimate of drug-likeness (QED) is 0.287. The van der Waals surface area contributed by atoms with Crippen molar-refractivity contribution in [1.29, 1.82) is 0 Å². The molecule has 3 aromatic rings. The fourth-order valence-corrected chi connectivity index (χ4v) is 3.39. The molecule has 10 nitrogen and oxygen atoms in total. The van der Waals surface area contributed by atoms with E-state index < -0.39 is 23.9 Å². The number of amides is 3. The van der Waals surface area contributed by atoms with E-state index in [-0.39, 0.29) is 35.9 Å². The summed E-state index contributed by atoms with van der Waals surface area (Å²) in [4.78, 5) is 48.9. The van der Waals surface area contributed by atoms with Gasteiger partial charge in [0.25, 0.3) is 5.91 Å². The number of para-hydroxylation sites is 1. The van der Waals surface area contributed by atoms with Crippen molar-refractivity contribution in [2.24, 2.45) is 0 Å². The topological polar surface area (TPSA) is 135 Å². The Morgan fingerprint density at radius 3 is 2.66 bits per heavy atom. The molecule has 0 unspecified atom stereocenters. The number of furan rings is 1. The molecular weight excluding hydrogens is 456 g/mol. The number of hydrogen-bond donors (Lipinski definition) is 2. The van der Waals surface area contributed by atoms with Crippen LogP contribution in [0.1, 0.15) is 37.8 Å². The van der Waals surface area contributed by atoms with E-state index in [9.17, 15) is 19.2 Å². The monoisotopic (exact) mass is 476 g/mol. The second-order valence-corrected chi connectivity index (χ2v) is 7.47. The number of carbonyl (C=O) groups is 4. The lowest BCUT2D eigenvalue weighted by molar-refractivity contribution is -0.123. The van der Waals surface area contributed by atoms with Crippen LogP contribution in [0.15, 0.2) is 70.8 Å². The highest BCUT2D eigenvalue weighted by molar-refractivity contribution is 6.14. The third kappa shape index (κ3) is 5.22. The van der Waals surface area contributed by atoms with Gasteiger partial charge in [-0.3, -0.25) is 9.69 Å². The molecule has 1 aliphatic heterocycles. The number of nitrogens with one attached hydrogen (secondary N) is 1. The third-order valence-corrected chi connectivity index (χ3v) is 5.11. The van der Waals surface area contributed by atoms with E-state index in [1.807, 2.05) is 0 Å². The summed E-state index contributed by atoms with van der Waals surface area (Å²) < 4.78 is 15.8. The lowest BCUT2D eigenvalue weighted by atomic mass is 10.1. The zero-order valence-corrected chi connectivity index (χ0v) is 18.5. The molecule has 35 heavy (non-hydrogen) atoms. The van der Waals surface area contributed by atoms with Gasteiger partial charge in [0.2, 0.25) is 5.76 Å². The average Bonchev–Trinajstić information content (AvgIpc) is 3.43. The van der Waals surface area contributed by atoms with Crippen molar-refractivity contribution in [3.8, 4) is 5.75 Å². The number of urea groups is 1. The molecule has 0 atom stereocenters. The largest absolute Gasteiger partial charge is 0.488 e. The van der Waals surface area contributed by atoms with E-state index in [1.165, 1.54) is 37.5 Å². The molecule has 0 radical (unpaired) electrons. The number of carboxylic acids is 1. The molecule has 1 aliphatic rings. The smallest absolute Gasteiger partial charge is 0.373 e. The van der Waals surface area contributed by atoms with E-state index in [0.717, 1.165) is 4.90 Å². The normalized spacial score (nSPS) is 14.2. The summed E-state index contributed by atoms with van der Waals surface area (Å²) in [6.07, 6.45) is 1.49. The SMILES string of the molecule is COC(=O)c1ccc(CN2C(=O)NC(=Cc3ccccc3OCc3cccc(C(=O)O)c3)C2=O)o1. The number of rotatable bonds is 8. The van der Waals surface area contributed by atoms with E-state index >= 15 is 0 Å². The van der Waals surface area contributed by atoms with Crippen LogP contribution in [0.2, 0.25) is 0 Å². The van der Waals surface area contributed by atoms with Crippen molar-refractivity contribution in [3.63, 3.8) is 0 Å². The van der Waals surface area contributed by atoms with Gasteiger partial charge in [-0.15, -0.1) is 0 Å². The summed E-state index contributed by atoms with van der Waals surface area (Å²) in [5.41, 5.74) is 1.39. The minimum absolute atomic E-state index is 0.0368. The van der Waals surface area contributed by atoms with Crippen LogP contribution in [0, 0.1) is 0 Å². The second-order valence-electron chi connectivity index (χ2n) is 7.47. The number of nitrogens with zero attached hydrogens (tertiary/aromatic N) is 1. The summed E-state index contributed by atoms with van der Waals surface area (Å²) in [5, 5.41) is 11.7. The van der Waals surface area contributed by atoms with Gasteiger partial charge < -0.3 is 24.3 Å². The van der Waals surface area contributed by atoms with Crippen molar-refractivity contribution < 1.29 is 38.2 Å². The number of methoxy groups -OCH3 is 1. The van der Waals surface area contributed by atoms with Crippen molar-refractivity contribution in [1.82, 2.24) is 10.2 Å². The Kier molecular flexibility index (Phi) is 6.63. The van der Waals surface area contributed by atoms with Gasteiger partial charge in [0, 0.05) is 5.56 Å². The minimum atomic E-state index is -1.03. The first-order valence-corrected chi connectivity index (χ1v) is 10.4. The van der Waals surface area contributed by atoms with Crippen LogP contribution in [0.4, 0.5) is 4.79 Å². The number of carbonyl (C=O) groups excluding carboxylic acids is 3. The van der Waals surface area contributed by atoms with Gasteiger partial charge in [-0.05, 0) is 42.0 Å². The highest BCUT2D eigenvalue weighted by Crippen LogP contribution is 2.25. The molecule has 2 N–H and O–H groups in total. The summed E-state index contributed by atoms with van der Waals surface area (Å²) in [5.74, 6) is -1.63. The van der Waals surface area contributed by atoms with E-state index in [0.29, 0.717) is 16.9 Å². The number of esters is 1. The number of imide groups is 1. The van der Waals surface area contributed by atoms with Crippen LogP contribution < -0.4 is 10.1 Å². The van der Waals surface area contributed by atoms with Gasteiger partial charge in [0.1, 0.15) is 23.8 Å². The van der Waals surface area contributed by atoms with Crippen LogP contribution in [-0.4, -0.2) is 41.0 Å². The molecule has 10 heteroatoms. The van der Waals surface area contributed by atoms with Crippen molar-refractivity contribution >= 4 is 30.0 Å². The van der Waals surface area contributed by atoms with E-state index in [2.05, 4.69) is 10.1 Å². The van der Waals surface area contributed by atoms with Gasteiger partial charge in [0.05, 0.1) is 19.2 Å². The summed E-state index contributed by atoms with van der Waals surface area (Å²) in [7, 11) is 1.22. The summed E-state index contributed by atoms with van der Waals surface area (Å²) in [6, 6.07) is 15.5. The number of carboxylic acid groups (broad SMARTS) is 1. The number of hydrogen-bond acceptors (Lipinski definition) is 7. The lowest BCUT2D eigenvalue weighted by Crippen LogP contribution is -2.30. The molecule has 178 valence electrons. The molecule has 0 spiro atoms. The van der Waals surface area contributed by atoms with Crippen LogP contribution in [-0.2, 0) is 22.7 Å². The summed E-state index contributed by atoms with van der Waals surface area (Å²) in [6.45, 7) is -0.0637. The van der Waals surface area contributed by atoms with Gasteiger partial charge in [0.15, 0.2) is 0 Å². The standard InChI is InChI=1S/C25H20N2O8/c1-33-24(31)21-10-9-18(35-21)13-27-22(28)19(26-25(27)32)12-16-6-2-3-8-20(16)34-14-15-5-4-7-17(11-15)23(29)30/h2-12H,13-14H2,1H3,(H,26,32)(H,29,30). The Morgan fingerprint density at radius 1 is 1.09 bits per heavy atom. The van der Waals surface area contributed by atoms with Gasteiger partial charge in [-0.2, -0.15) is 0 Å². The van der Waals surface area contributed by atoms with Crippen LogP contribution in [0.5, 0.6) is 5.75 Å². The molecule has 1 aromatic heterocycles. The van der Waals surface area contributed by atoms with Crippen molar-refractivity contribution in [3.05, 3.63) is 94.6 Å². The van der Waals surface area contributed by atoms with E-state index in [1.54, 1.807) is 36.4 Å². The highest BCUT2D eigenvalue weighted by Gasteiger charge is 2.34. The molecule has 1 fully saturated rings. The molecule has 4 rings (SSSR count). The Labute approximate surface area is 199 Å². The maximum absolute atomic E-state index is 12.9. The fourth-order valence-electron chi connectivity index (χ4n) is 3.39. The third-order valence-electron chi connectivity index (χ3n) is 5.11. The van der Waals surface area contributed by atoms with Crippen LogP contribution in [0.25, 0.3) is 6.08 Å². The Balaban J connectivity index is 1.49. The summed E-state index contributed by atoms with van der Waals surface area (Å²) >= 11 is 0. The fraction of sp³-hybridized carbons (Fsp3) is 0.120. The van der Waals surface area contributed by atoms with Gasteiger partial charge >= 0.3 is 18.0 Å². The molecular formula is C25H20N2O8. The first-order valence-electron chi connectivity index (χ1n) is 10.4. The average molecular weight is 476 g/mol. The molecule has 2 aromatic carbocycles. The molecule has 0 saturated carbocycles. The minimum Gasteiger partial charge on any atom is -0.488 e.